The van der Waals surface area contributed by atoms with Crippen molar-refractivity contribution in [1.29, 1.82) is 0 Å². The van der Waals surface area contributed by atoms with Crippen LogP contribution >= 0.6 is 11.8 Å². The van der Waals surface area contributed by atoms with E-state index in [1.54, 1.807) is 24.3 Å². The fraction of sp³-hybridized carbons (Fsp3) is 0.222. The number of hydrogen-bond acceptors (Lipinski definition) is 7. The minimum absolute atomic E-state index is 0.0486. The number of amides is 2. The predicted octanol–water partition coefficient (Wildman–Crippen LogP) is 1.27. The van der Waals surface area contributed by atoms with Crippen LogP contribution in [0.5, 0.6) is 5.75 Å². The fourth-order valence-electron chi connectivity index (χ4n) is 2.64. The van der Waals surface area contributed by atoms with Gasteiger partial charge in [0.05, 0.1) is 23.5 Å². The number of carbonyl (C=O) groups excluding carboxylic acids is 3. The van der Waals surface area contributed by atoms with E-state index in [2.05, 4.69) is 4.98 Å². The number of anilines is 1. The Bertz CT molecular complexity index is 870. The van der Waals surface area contributed by atoms with E-state index in [9.17, 15) is 19.5 Å². The van der Waals surface area contributed by atoms with E-state index in [0.717, 1.165) is 16.7 Å². The molecule has 1 aliphatic heterocycles. The largest absolute Gasteiger partial charge is 0.545 e. The number of thioether (sulfide) groups is 1. The van der Waals surface area contributed by atoms with Crippen LogP contribution < -0.4 is 14.7 Å². The molecule has 2 amide bonds. The van der Waals surface area contributed by atoms with E-state index in [4.69, 9.17) is 4.74 Å². The monoisotopic (exact) mass is 371 g/mol. The number of para-hydroxylation sites is 2. The van der Waals surface area contributed by atoms with Gasteiger partial charge < -0.3 is 14.6 Å². The third-order valence-electron chi connectivity index (χ3n) is 3.76. The van der Waals surface area contributed by atoms with E-state index in [1.165, 1.54) is 18.3 Å². The second kappa shape index (κ2) is 7.57. The highest BCUT2D eigenvalue weighted by molar-refractivity contribution is 8.00. The summed E-state index contributed by atoms with van der Waals surface area (Å²) < 4.78 is 5.50. The molecule has 2 heterocycles. The van der Waals surface area contributed by atoms with Gasteiger partial charge in [-0.2, -0.15) is 0 Å². The number of imide groups is 1. The van der Waals surface area contributed by atoms with E-state index in [0.29, 0.717) is 18.0 Å². The molecular weight excluding hydrogens is 356 g/mol. The summed E-state index contributed by atoms with van der Waals surface area (Å²) in [5.74, 6) is -1.74. The van der Waals surface area contributed by atoms with Crippen molar-refractivity contribution in [3.8, 4) is 5.75 Å². The maximum absolute atomic E-state index is 12.8. The molecule has 1 saturated heterocycles. The second-order valence-corrected chi connectivity index (χ2v) is 6.61. The average molecular weight is 371 g/mol. The highest BCUT2D eigenvalue weighted by Gasteiger charge is 2.41. The number of benzene rings is 1. The van der Waals surface area contributed by atoms with Gasteiger partial charge in [-0.15, -0.1) is 0 Å². The molecule has 7 nitrogen and oxygen atoms in total. The zero-order valence-electron chi connectivity index (χ0n) is 13.9. The first kappa shape index (κ1) is 17.9. The standard InChI is InChI=1S/C18H16N2O5S/c1-2-25-13-8-4-3-7-12(13)20-15(21)10-14(17(20)22)26-16-11(18(23)24)6-5-9-19-16/h3-9,14H,2,10H2,1H3,(H,23,24)/p-1/t14-/m0/s1. The second-order valence-electron chi connectivity index (χ2n) is 5.42. The van der Waals surface area contributed by atoms with Crippen LogP contribution in [0.1, 0.15) is 23.7 Å². The number of carbonyl (C=O) groups is 3. The van der Waals surface area contributed by atoms with Crippen LogP contribution in [0.4, 0.5) is 5.69 Å². The Morgan fingerprint density at radius 2 is 2.08 bits per heavy atom. The Kier molecular flexibility index (Phi) is 5.22. The van der Waals surface area contributed by atoms with Gasteiger partial charge in [0.2, 0.25) is 11.8 Å². The number of ether oxygens (including phenoxy) is 1. The molecule has 1 fully saturated rings. The van der Waals surface area contributed by atoms with Gasteiger partial charge in [0.1, 0.15) is 10.8 Å². The summed E-state index contributed by atoms with van der Waals surface area (Å²) in [6.07, 6.45) is 1.38. The van der Waals surface area contributed by atoms with Crippen LogP contribution in [-0.2, 0) is 9.59 Å². The molecule has 0 N–H and O–H groups in total. The molecule has 26 heavy (non-hydrogen) atoms. The van der Waals surface area contributed by atoms with Gasteiger partial charge in [-0.3, -0.25) is 9.59 Å². The number of pyridine rings is 1. The summed E-state index contributed by atoms with van der Waals surface area (Å²) in [5.41, 5.74) is 0.277. The Morgan fingerprint density at radius 3 is 2.81 bits per heavy atom. The third-order valence-corrected chi connectivity index (χ3v) is 4.96. The highest BCUT2D eigenvalue weighted by atomic mass is 32.2. The van der Waals surface area contributed by atoms with Crippen LogP contribution in [-0.4, -0.2) is 34.6 Å². The Labute approximate surface area is 154 Å². The SMILES string of the molecule is CCOc1ccccc1N1C(=O)C[C@H](Sc2ncccc2C(=O)[O-])C1=O. The summed E-state index contributed by atoms with van der Waals surface area (Å²) in [6, 6.07) is 9.63. The first-order valence-electron chi connectivity index (χ1n) is 7.94. The van der Waals surface area contributed by atoms with Crippen molar-refractivity contribution in [2.75, 3.05) is 11.5 Å². The number of carboxylic acid groups (broad SMARTS) is 1. The smallest absolute Gasteiger partial charge is 0.247 e. The highest BCUT2D eigenvalue weighted by Crippen LogP contribution is 2.37. The number of hydrogen-bond donors (Lipinski definition) is 0. The van der Waals surface area contributed by atoms with Crippen molar-refractivity contribution in [1.82, 2.24) is 4.98 Å². The topological polar surface area (TPSA) is 99.6 Å². The minimum Gasteiger partial charge on any atom is -0.545 e. The molecular formula is C18H15N2O5S-. The molecule has 1 aliphatic rings. The maximum atomic E-state index is 12.8. The summed E-state index contributed by atoms with van der Waals surface area (Å²) in [7, 11) is 0. The van der Waals surface area contributed by atoms with Crippen molar-refractivity contribution in [3.63, 3.8) is 0 Å². The quantitative estimate of drug-likeness (QED) is 0.705. The molecule has 0 radical (unpaired) electrons. The maximum Gasteiger partial charge on any atom is 0.247 e. The fourth-order valence-corrected chi connectivity index (χ4v) is 3.75. The summed E-state index contributed by atoms with van der Waals surface area (Å²) in [5, 5.41) is 10.6. The zero-order valence-corrected chi connectivity index (χ0v) is 14.7. The minimum atomic E-state index is -1.38. The van der Waals surface area contributed by atoms with Gasteiger partial charge in [0.15, 0.2) is 0 Å². The van der Waals surface area contributed by atoms with Crippen molar-refractivity contribution in [2.45, 2.75) is 23.6 Å². The lowest BCUT2D eigenvalue weighted by Gasteiger charge is -2.18. The van der Waals surface area contributed by atoms with E-state index in [-0.39, 0.29) is 22.9 Å². The predicted molar refractivity (Wildman–Crippen MR) is 92.9 cm³/mol. The zero-order chi connectivity index (χ0) is 18.7. The van der Waals surface area contributed by atoms with E-state index < -0.39 is 17.1 Å². The normalized spacial score (nSPS) is 16.8. The van der Waals surface area contributed by atoms with Crippen LogP contribution in [0.25, 0.3) is 0 Å². The Balaban J connectivity index is 1.88. The van der Waals surface area contributed by atoms with E-state index in [1.807, 2.05) is 6.92 Å². The van der Waals surface area contributed by atoms with Gasteiger partial charge >= 0.3 is 0 Å². The van der Waals surface area contributed by atoms with Gasteiger partial charge in [0.25, 0.3) is 0 Å². The molecule has 0 unspecified atom stereocenters. The summed E-state index contributed by atoms with van der Waals surface area (Å²) in [6.45, 7) is 2.21. The summed E-state index contributed by atoms with van der Waals surface area (Å²) in [4.78, 5) is 41.5. The molecule has 8 heteroatoms. The molecule has 3 rings (SSSR count). The van der Waals surface area contributed by atoms with Gasteiger partial charge in [-0.1, -0.05) is 23.9 Å². The van der Waals surface area contributed by atoms with Crippen molar-refractivity contribution in [3.05, 3.63) is 48.2 Å². The molecule has 1 aromatic carbocycles. The van der Waals surface area contributed by atoms with Crippen LogP contribution in [0, 0.1) is 0 Å². The van der Waals surface area contributed by atoms with Gasteiger partial charge in [-0.05, 0) is 31.2 Å². The first-order chi connectivity index (χ1) is 12.5. The molecule has 1 atom stereocenters. The lowest BCUT2D eigenvalue weighted by Crippen LogP contribution is -2.31. The lowest BCUT2D eigenvalue weighted by atomic mass is 10.2. The van der Waals surface area contributed by atoms with Crippen molar-refractivity contribution in [2.24, 2.45) is 0 Å². The number of aromatic carboxylic acids is 1. The first-order valence-corrected chi connectivity index (χ1v) is 8.82. The van der Waals surface area contributed by atoms with Crippen molar-refractivity contribution >= 4 is 35.2 Å². The molecule has 0 bridgehead atoms. The molecule has 2 aromatic rings. The van der Waals surface area contributed by atoms with Crippen LogP contribution in [0.2, 0.25) is 0 Å². The number of carboxylic acids is 1. The van der Waals surface area contributed by atoms with Crippen LogP contribution in [0.3, 0.4) is 0 Å². The van der Waals surface area contributed by atoms with E-state index >= 15 is 0 Å². The van der Waals surface area contributed by atoms with Crippen LogP contribution in [0.15, 0.2) is 47.6 Å². The average Bonchev–Trinajstić information content (AvgIpc) is 2.90. The number of nitrogens with zero attached hydrogens (tertiary/aromatic N) is 2. The molecule has 0 saturated carbocycles. The number of rotatable bonds is 6. The lowest BCUT2D eigenvalue weighted by molar-refractivity contribution is -0.255. The van der Waals surface area contributed by atoms with Gasteiger partial charge in [-0.25, -0.2) is 9.88 Å². The Hall–Kier alpha value is -2.87. The summed E-state index contributed by atoms with van der Waals surface area (Å²) >= 11 is 0.951. The molecule has 134 valence electrons. The van der Waals surface area contributed by atoms with Gasteiger partial charge in [0, 0.05) is 18.2 Å². The Morgan fingerprint density at radius 1 is 1.31 bits per heavy atom. The molecule has 0 aliphatic carbocycles. The molecule has 1 aromatic heterocycles. The number of aromatic nitrogens is 1. The third kappa shape index (κ3) is 3.41. The van der Waals surface area contributed by atoms with Crippen molar-refractivity contribution < 1.29 is 24.2 Å². The molecule has 0 spiro atoms.